The molecule has 0 spiro atoms. The molecule has 0 bridgehead atoms. The zero-order valence-electron chi connectivity index (χ0n) is 13.9. The molecule has 0 aliphatic heterocycles. The summed E-state index contributed by atoms with van der Waals surface area (Å²) in [5.74, 6) is -0.845. The third-order valence-corrected chi connectivity index (χ3v) is 4.28. The van der Waals surface area contributed by atoms with Gasteiger partial charge in [-0.2, -0.15) is 0 Å². The fourth-order valence-electron chi connectivity index (χ4n) is 2.30. The summed E-state index contributed by atoms with van der Waals surface area (Å²) in [6.45, 7) is 2.21. The molecule has 0 radical (unpaired) electrons. The number of amides is 1. The van der Waals surface area contributed by atoms with Crippen LogP contribution in [0.2, 0.25) is 10.0 Å². The first-order chi connectivity index (χ1) is 12.0. The van der Waals surface area contributed by atoms with E-state index in [-0.39, 0.29) is 18.9 Å². The molecule has 0 heterocycles. The number of ether oxygens (including phenoxy) is 1. The highest BCUT2D eigenvalue weighted by molar-refractivity contribution is 6.35. The highest BCUT2D eigenvalue weighted by Gasteiger charge is 2.11. The molecule has 132 valence electrons. The molecule has 0 saturated carbocycles. The fourth-order valence-corrected chi connectivity index (χ4v) is 2.77. The number of hydrogen-bond donors (Lipinski definition) is 1. The van der Waals surface area contributed by atoms with Crippen LogP contribution in [0.4, 0.5) is 0 Å². The van der Waals surface area contributed by atoms with Gasteiger partial charge < -0.3 is 10.1 Å². The summed E-state index contributed by atoms with van der Waals surface area (Å²) in [6.07, 6.45) is 0.721. The second-order valence-electron chi connectivity index (χ2n) is 5.60. The lowest BCUT2D eigenvalue weighted by Crippen LogP contribution is -2.30. The van der Waals surface area contributed by atoms with Gasteiger partial charge in [0.2, 0.25) is 0 Å². The molecule has 0 aliphatic rings. The average molecular weight is 380 g/mol. The molecular formula is C19H19Cl2NO3. The van der Waals surface area contributed by atoms with Crippen molar-refractivity contribution in [1.82, 2.24) is 5.32 Å². The maximum atomic E-state index is 11.8. The summed E-state index contributed by atoms with van der Waals surface area (Å²) in [6, 6.07) is 12.9. The topological polar surface area (TPSA) is 55.4 Å². The van der Waals surface area contributed by atoms with Crippen LogP contribution in [0, 0.1) is 6.92 Å². The van der Waals surface area contributed by atoms with Crippen LogP contribution < -0.4 is 5.32 Å². The van der Waals surface area contributed by atoms with Crippen LogP contribution in [0.3, 0.4) is 0 Å². The van der Waals surface area contributed by atoms with E-state index in [1.165, 1.54) is 11.1 Å². The monoisotopic (exact) mass is 379 g/mol. The highest BCUT2D eigenvalue weighted by Crippen LogP contribution is 2.21. The molecule has 0 aliphatic carbocycles. The van der Waals surface area contributed by atoms with E-state index in [0.717, 1.165) is 6.42 Å². The van der Waals surface area contributed by atoms with E-state index in [1.807, 2.05) is 31.2 Å². The van der Waals surface area contributed by atoms with Crippen LogP contribution in [0.1, 0.15) is 16.7 Å². The highest BCUT2D eigenvalue weighted by atomic mass is 35.5. The minimum atomic E-state index is -0.515. The lowest BCUT2D eigenvalue weighted by Gasteiger charge is -2.09. The lowest BCUT2D eigenvalue weighted by atomic mass is 10.1. The molecule has 0 unspecified atom stereocenters. The lowest BCUT2D eigenvalue weighted by molar-refractivity contribution is -0.147. The molecule has 2 rings (SSSR count). The van der Waals surface area contributed by atoms with Crippen LogP contribution in [-0.4, -0.2) is 25.0 Å². The van der Waals surface area contributed by atoms with Crippen molar-refractivity contribution in [2.24, 2.45) is 0 Å². The first-order valence-electron chi connectivity index (χ1n) is 7.86. The number of esters is 1. The van der Waals surface area contributed by atoms with Gasteiger partial charge in [0.15, 0.2) is 6.61 Å². The Labute approximate surface area is 157 Å². The molecule has 1 amide bonds. The number of aryl methyl sites for hydroxylation is 1. The molecule has 25 heavy (non-hydrogen) atoms. The smallest absolute Gasteiger partial charge is 0.310 e. The largest absolute Gasteiger partial charge is 0.455 e. The normalized spacial score (nSPS) is 10.4. The van der Waals surface area contributed by atoms with Crippen LogP contribution in [0.5, 0.6) is 0 Å². The number of benzene rings is 2. The third kappa shape index (κ3) is 6.40. The van der Waals surface area contributed by atoms with E-state index in [1.54, 1.807) is 18.2 Å². The second kappa shape index (κ2) is 9.44. The van der Waals surface area contributed by atoms with Crippen molar-refractivity contribution in [2.75, 3.05) is 13.2 Å². The molecule has 2 aromatic rings. The standard InChI is InChI=1S/C19H19Cl2NO3/c1-13-4-2-3-5-14(13)8-9-22-18(23)12-25-19(24)10-15-6-7-16(20)11-17(15)21/h2-7,11H,8-10,12H2,1H3,(H,22,23). The van der Waals surface area contributed by atoms with Crippen LogP contribution in [0.15, 0.2) is 42.5 Å². The molecule has 0 saturated heterocycles. The Morgan fingerprint density at radius 1 is 1.08 bits per heavy atom. The van der Waals surface area contributed by atoms with E-state index in [0.29, 0.717) is 22.2 Å². The zero-order valence-corrected chi connectivity index (χ0v) is 15.4. The van der Waals surface area contributed by atoms with Gasteiger partial charge in [-0.15, -0.1) is 0 Å². The Bertz CT molecular complexity index is 762. The van der Waals surface area contributed by atoms with Crippen molar-refractivity contribution >= 4 is 35.1 Å². The van der Waals surface area contributed by atoms with Crippen LogP contribution >= 0.6 is 23.2 Å². The molecule has 6 heteroatoms. The molecule has 0 fully saturated rings. The number of halogens is 2. The number of hydrogen-bond acceptors (Lipinski definition) is 3. The summed E-state index contributed by atoms with van der Waals surface area (Å²) in [4.78, 5) is 23.6. The molecule has 1 N–H and O–H groups in total. The van der Waals surface area contributed by atoms with Crippen molar-refractivity contribution in [1.29, 1.82) is 0 Å². The van der Waals surface area contributed by atoms with Gasteiger partial charge in [-0.25, -0.2) is 0 Å². The van der Waals surface area contributed by atoms with Gasteiger partial charge >= 0.3 is 5.97 Å². The SMILES string of the molecule is Cc1ccccc1CCNC(=O)COC(=O)Cc1ccc(Cl)cc1Cl. The van der Waals surface area contributed by atoms with Crippen molar-refractivity contribution in [2.45, 2.75) is 19.8 Å². The number of carbonyl (C=O) groups is 2. The Morgan fingerprint density at radius 3 is 2.56 bits per heavy atom. The van der Waals surface area contributed by atoms with Crippen molar-refractivity contribution in [3.05, 3.63) is 69.2 Å². The van der Waals surface area contributed by atoms with Crippen molar-refractivity contribution in [3.63, 3.8) is 0 Å². The van der Waals surface area contributed by atoms with Gasteiger partial charge in [0.1, 0.15) is 0 Å². The van der Waals surface area contributed by atoms with E-state index < -0.39 is 5.97 Å². The average Bonchev–Trinajstić information content (AvgIpc) is 2.57. The van der Waals surface area contributed by atoms with Gasteiger partial charge in [0, 0.05) is 16.6 Å². The summed E-state index contributed by atoms with van der Waals surface area (Å²) in [5, 5.41) is 3.63. The van der Waals surface area contributed by atoms with E-state index in [2.05, 4.69) is 5.32 Å². The minimum Gasteiger partial charge on any atom is -0.455 e. The molecule has 0 atom stereocenters. The Hall–Kier alpha value is -2.04. The summed E-state index contributed by atoms with van der Waals surface area (Å²) >= 11 is 11.8. The second-order valence-corrected chi connectivity index (χ2v) is 6.44. The molecule has 2 aromatic carbocycles. The van der Waals surface area contributed by atoms with Gasteiger partial charge in [0.05, 0.1) is 6.42 Å². The number of nitrogens with one attached hydrogen (secondary N) is 1. The van der Waals surface area contributed by atoms with E-state index in [4.69, 9.17) is 27.9 Å². The fraction of sp³-hybridized carbons (Fsp3) is 0.263. The Balaban J connectivity index is 1.70. The molecular weight excluding hydrogens is 361 g/mol. The van der Waals surface area contributed by atoms with Crippen molar-refractivity contribution < 1.29 is 14.3 Å². The van der Waals surface area contributed by atoms with Gasteiger partial charge in [-0.05, 0) is 42.2 Å². The van der Waals surface area contributed by atoms with Crippen molar-refractivity contribution in [3.8, 4) is 0 Å². The van der Waals surface area contributed by atoms with Gasteiger partial charge in [0.25, 0.3) is 5.91 Å². The van der Waals surface area contributed by atoms with E-state index >= 15 is 0 Å². The van der Waals surface area contributed by atoms with Gasteiger partial charge in [-0.3, -0.25) is 9.59 Å². The first-order valence-corrected chi connectivity index (χ1v) is 8.62. The number of rotatable bonds is 7. The Kier molecular flexibility index (Phi) is 7.29. The predicted molar refractivity (Wildman–Crippen MR) is 99.0 cm³/mol. The molecule has 0 aromatic heterocycles. The maximum Gasteiger partial charge on any atom is 0.310 e. The number of carbonyl (C=O) groups excluding carboxylic acids is 2. The van der Waals surface area contributed by atoms with E-state index in [9.17, 15) is 9.59 Å². The van der Waals surface area contributed by atoms with Gasteiger partial charge in [-0.1, -0.05) is 53.5 Å². The first kappa shape index (κ1) is 19.3. The molecule has 4 nitrogen and oxygen atoms in total. The minimum absolute atomic E-state index is 0.00745. The maximum absolute atomic E-state index is 11.8. The van der Waals surface area contributed by atoms with Crippen LogP contribution in [-0.2, 0) is 27.2 Å². The quantitative estimate of drug-likeness (QED) is 0.745. The third-order valence-electron chi connectivity index (χ3n) is 3.69. The summed E-state index contributed by atoms with van der Waals surface area (Å²) in [7, 11) is 0. The summed E-state index contributed by atoms with van der Waals surface area (Å²) < 4.78 is 4.98. The zero-order chi connectivity index (χ0) is 18.2. The predicted octanol–water partition coefficient (Wildman–Crippen LogP) is 3.75. The summed E-state index contributed by atoms with van der Waals surface area (Å²) in [5.41, 5.74) is 2.97. The van der Waals surface area contributed by atoms with Crippen LogP contribution in [0.25, 0.3) is 0 Å². The Morgan fingerprint density at radius 2 is 1.84 bits per heavy atom.